The van der Waals surface area contributed by atoms with Crippen molar-refractivity contribution in [2.45, 2.75) is 43.5 Å². The molecule has 0 aliphatic carbocycles. The Morgan fingerprint density at radius 1 is 1.00 bits per heavy atom. The zero-order chi connectivity index (χ0) is 26.7. The van der Waals surface area contributed by atoms with Crippen LogP contribution in [0, 0.1) is 5.92 Å². The number of amides is 1. The number of sulfonamides is 1. The molecule has 2 saturated heterocycles. The van der Waals surface area contributed by atoms with Crippen molar-refractivity contribution in [1.29, 1.82) is 0 Å². The maximum absolute atomic E-state index is 12.9. The molecule has 2 fully saturated rings. The van der Waals surface area contributed by atoms with Gasteiger partial charge in [0.15, 0.2) is 0 Å². The third-order valence-electron chi connectivity index (χ3n) is 7.03. The van der Waals surface area contributed by atoms with Crippen molar-refractivity contribution in [2.75, 3.05) is 31.5 Å². The number of benzene rings is 2. The van der Waals surface area contributed by atoms with Gasteiger partial charge in [-0.15, -0.1) is 0 Å². The molecule has 12 heteroatoms. The molecule has 0 radical (unpaired) electrons. The highest BCUT2D eigenvalue weighted by Gasteiger charge is 2.28. The van der Waals surface area contributed by atoms with Gasteiger partial charge >= 0.3 is 0 Å². The molecule has 0 atom stereocenters. The number of rotatable bonds is 7. The smallest absolute Gasteiger partial charge is 0.243 e. The van der Waals surface area contributed by atoms with Crippen molar-refractivity contribution in [3.8, 4) is 11.4 Å². The summed E-state index contributed by atoms with van der Waals surface area (Å²) in [6.07, 6.45) is 4.23. The molecule has 0 saturated carbocycles. The normalized spacial score (nSPS) is 17.9. The Kier molecular flexibility index (Phi) is 8.35. The van der Waals surface area contributed by atoms with E-state index in [9.17, 15) is 13.2 Å². The molecule has 0 bridgehead atoms. The number of nitrogens with zero attached hydrogens (tertiary/aromatic N) is 4. The molecular weight excluding hydrogens is 549 g/mol. The summed E-state index contributed by atoms with van der Waals surface area (Å²) in [4.78, 5) is 19.7. The van der Waals surface area contributed by atoms with E-state index in [1.807, 2.05) is 0 Å². The fourth-order valence-electron chi connectivity index (χ4n) is 4.85. The number of aromatic nitrogens is 2. The Labute approximate surface area is 232 Å². The molecule has 202 valence electrons. The number of hydrogen-bond acceptors (Lipinski definition) is 7. The van der Waals surface area contributed by atoms with Crippen LogP contribution in [0.5, 0.6) is 0 Å². The molecule has 1 amide bonds. The monoisotopic (exact) mass is 577 g/mol. The number of likely N-dealkylation sites (tertiary alicyclic amines) is 1. The summed E-state index contributed by atoms with van der Waals surface area (Å²) < 4.78 is 32.6. The van der Waals surface area contributed by atoms with Gasteiger partial charge in [0, 0.05) is 35.3 Å². The largest absolute Gasteiger partial charge is 0.338 e. The van der Waals surface area contributed by atoms with Gasteiger partial charge in [-0.3, -0.25) is 9.69 Å². The lowest BCUT2D eigenvalue weighted by atomic mass is 9.96. The first-order valence-electron chi connectivity index (χ1n) is 12.7. The Bertz CT molecular complexity index is 1380. The van der Waals surface area contributed by atoms with E-state index in [2.05, 4.69) is 20.4 Å². The van der Waals surface area contributed by atoms with Crippen molar-refractivity contribution in [3.63, 3.8) is 0 Å². The Balaban J connectivity index is 1.11. The first kappa shape index (κ1) is 27.1. The van der Waals surface area contributed by atoms with Crippen LogP contribution < -0.4 is 5.32 Å². The van der Waals surface area contributed by atoms with Crippen LogP contribution in [-0.2, 0) is 21.4 Å². The van der Waals surface area contributed by atoms with Crippen LogP contribution >= 0.6 is 23.2 Å². The minimum atomic E-state index is -3.49. The molecule has 1 N–H and O–H groups in total. The van der Waals surface area contributed by atoms with Crippen LogP contribution in [0.25, 0.3) is 11.4 Å². The van der Waals surface area contributed by atoms with E-state index >= 15 is 0 Å². The summed E-state index contributed by atoms with van der Waals surface area (Å²) >= 11 is 12.2. The van der Waals surface area contributed by atoms with E-state index in [-0.39, 0.29) is 16.7 Å². The zero-order valence-corrected chi connectivity index (χ0v) is 23.1. The molecule has 1 aromatic heterocycles. The number of carbonyl (C=O) groups is 1. The molecule has 2 aliphatic rings. The van der Waals surface area contributed by atoms with Crippen LogP contribution in [0.1, 0.15) is 38.0 Å². The van der Waals surface area contributed by atoms with Crippen LogP contribution in [0.3, 0.4) is 0 Å². The first-order chi connectivity index (χ1) is 18.3. The number of anilines is 1. The number of nitrogens with one attached hydrogen (secondary N) is 1. The van der Waals surface area contributed by atoms with E-state index < -0.39 is 10.0 Å². The van der Waals surface area contributed by atoms with E-state index in [0.29, 0.717) is 78.6 Å². The average Bonchev–Trinajstić information content (AvgIpc) is 3.38. The average molecular weight is 579 g/mol. The number of carbonyl (C=O) groups excluding carboxylic acids is 1. The maximum atomic E-state index is 12.9. The minimum absolute atomic E-state index is 0.0613. The predicted octanol–water partition coefficient (Wildman–Crippen LogP) is 5.07. The second kappa shape index (κ2) is 11.7. The standard InChI is InChI=1S/C26H29Cl2N5O4S/c27-19-4-9-22(23(28)16-19)25-30-24(37-31-25)17-32-14-10-18(11-15-32)26(34)29-20-5-7-21(8-6-20)38(35,36)33-12-2-1-3-13-33/h4-9,16,18H,1-3,10-15,17H2,(H,29,34). The Morgan fingerprint density at radius 3 is 2.39 bits per heavy atom. The Morgan fingerprint density at radius 2 is 1.71 bits per heavy atom. The first-order valence-corrected chi connectivity index (χ1v) is 14.9. The van der Waals surface area contributed by atoms with Crippen molar-refractivity contribution in [2.24, 2.45) is 5.92 Å². The molecule has 9 nitrogen and oxygen atoms in total. The minimum Gasteiger partial charge on any atom is -0.338 e. The molecule has 0 spiro atoms. The lowest BCUT2D eigenvalue weighted by Gasteiger charge is -2.30. The van der Waals surface area contributed by atoms with Gasteiger partial charge in [-0.25, -0.2) is 8.42 Å². The van der Waals surface area contributed by atoms with E-state index in [1.165, 1.54) is 0 Å². The second-order valence-corrected chi connectivity index (χ2v) is 12.4. The predicted molar refractivity (Wildman–Crippen MR) is 145 cm³/mol. The van der Waals surface area contributed by atoms with Crippen LogP contribution in [0.4, 0.5) is 5.69 Å². The summed E-state index contributed by atoms with van der Waals surface area (Å²) in [6.45, 7) is 3.03. The third-order valence-corrected chi connectivity index (χ3v) is 9.49. The second-order valence-electron chi connectivity index (χ2n) is 9.66. The zero-order valence-electron chi connectivity index (χ0n) is 20.8. The highest BCUT2D eigenvalue weighted by atomic mass is 35.5. The van der Waals surface area contributed by atoms with Gasteiger partial charge in [-0.05, 0) is 81.2 Å². The summed E-state index contributed by atoms with van der Waals surface area (Å²) in [7, 11) is -3.49. The van der Waals surface area contributed by atoms with Crippen LogP contribution in [-0.4, -0.2) is 59.8 Å². The summed E-state index contributed by atoms with van der Waals surface area (Å²) in [6, 6.07) is 11.6. The number of halogens is 2. The van der Waals surface area contributed by atoms with Gasteiger partial charge in [0.1, 0.15) is 0 Å². The van der Waals surface area contributed by atoms with Gasteiger partial charge in [0.05, 0.1) is 16.5 Å². The van der Waals surface area contributed by atoms with E-state index in [4.69, 9.17) is 27.7 Å². The topological polar surface area (TPSA) is 109 Å². The quantitative estimate of drug-likeness (QED) is 0.417. The SMILES string of the molecule is O=C(Nc1ccc(S(=O)(=O)N2CCCCC2)cc1)C1CCN(Cc2nc(-c3ccc(Cl)cc3Cl)no2)CC1. The molecule has 2 aliphatic heterocycles. The number of hydrogen-bond donors (Lipinski definition) is 1. The van der Waals surface area contributed by atoms with Crippen molar-refractivity contribution in [3.05, 3.63) is 58.4 Å². The van der Waals surface area contributed by atoms with Crippen LogP contribution in [0.15, 0.2) is 51.9 Å². The lowest BCUT2D eigenvalue weighted by Crippen LogP contribution is -2.37. The molecule has 38 heavy (non-hydrogen) atoms. The molecule has 0 unspecified atom stereocenters. The van der Waals surface area contributed by atoms with Gasteiger partial charge in [0.25, 0.3) is 0 Å². The van der Waals surface area contributed by atoms with Crippen molar-refractivity contribution >= 4 is 44.8 Å². The van der Waals surface area contributed by atoms with Gasteiger partial charge < -0.3 is 9.84 Å². The van der Waals surface area contributed by atoms with E-state index in [0.717, 1.165) is 19.3 Å². The molecule has 3 aromatic rings. The fourth-order valence-corrected chi connectivity index (χ4v) is 6.86. The molecule has 3 heterocycles. The van der Waals surface area contributed by atoms with Gasteiger partial charge in [0.2, 0.25) is 27.6 Å². The number of piperidine rings is 2. The maximum Gasteiger partial charge on any atom is 0.243 e. The highest BCUT2D eigenvalue weighted by Crippen LogP contribution is 2.29. The molecular formula is C26H29Cl2N5O4S. The van der Waals surface area contributed by atoms with Gasteiger partial charge in [-0.2, -0.15) is 9.29 Å². The van der Waals surface area contributed by atoms with Crippen molar-refractivity contribution < 1.29 is 17.7 Å². The fraction of sp³-hybridized carbons (Fsp3) is 0.423. The van der Waals surface area contributed by atoms with Crippen LogP contribution in [0.2, 0.25) is 10.0 Å². The molecule has 5 rings (SSSR count). The summed E-state index contributed by atoms with van der Waals surface area (Å²) in [5, 5.41) is 7.96. The highest BCUT2D eigenvalue weighted by molar-refractivity contribution is 7.89. The lowest BCUT2D eigenvalue weighted by molar-refractivity contribution is -0.121. The third kappa shape index (κ3) is 6.21. The molecule has 2 aromatic carbocycles. The summed E-state index contributed by atoms with van der Waals surface area (Å²) in [5.41, 5.74) is 1.24. The Hall–Kier alpha value is -2.50. The van der Waals surface area contributed by atoms with Crippen molar-refractivity contribution in [1.82, 2.24) is 19.3 Å². The van der Waals surface area contributed by atoms with E-state index in [1.54, 1.807) is 46.8 Å². The van der Waals surface area contributed by atoms with Gasteiger partial charge in [-0.1, -0.05) is 34.8 Å². The summed E-state index contributed by atoms with van der Waals surface area (Å²) in [5.74, 6) is 0.696.